The minimum atomic E-state index is -2.63. The Labute approximate surface area is 123 Å². The smallest absolute Gasteiger partial charge is 0.282 e. The largest absolute Gasteiger partial charge is 0.337 e. The molecule has 0 radical (unpaired) electrons. The molecule has 0 N–H and O–H groups in total. The Balaban J connectivity index is 1.81. The maximum absolute atomic E-state index is 12.9. The van der Waals surface area contributed by atoms with E-state index in [0.717, 1.165) is 0 Å². The Bertz CT molecular complexity index is 780. The lowest BCUT2D eigenvalue weighted by atomic mass is 10.2. The first-order valence-corrected chi connectivity index (χ1v) is 6.44. The Morgan fingerprint density at radius 2 is 1.95 bits per heavy atom. The van der Waals surface area contributed by atoms with Crippen LogP contribution in [0.2, 0.25) is 0 Å². The molecule has 2 heterocycles. The molecule has 0 atom stereocenters. The van der Waals surface area contributed by atoms with Crippen molar-refractivity contribution in [1.82, 2.24) is 19.9 Å². The summed E-state index contributed by atoms with van der Waals surface area (Å²) in [5.74, 6) is 0.166. The van der Waals surface area contributed by atoms with E-state index in [2.05, 4.69) is 15.2 Å². The fourth-order valence-electron chi connectivity index (χ4n) is 1.97. The van der Waals surface area contributed by atoms with Crippen molar-refractivity contribution in [3.05, 3.63) is 53.4 Å². The maximum Gasteiger partial charge on any atom is 0.282 e. The number of benzene rings is 1. The first-order chi connectivity index (χ1) is 10.5. The van der Waals surface area contributed by atoms with Crippen LogP contribution in [0, 0.1) is 12.7 Å². The van der Waals surface area contributed by atoms with Gasteiger partial charge in [0.2, 0.25) is 11.7 Å². The molecule has 2 aromatic heterocycles. The fraction of sp³-hybridized carbons (Fsp3) is 0.214. The summed E-state index contributed by atoms with van der Waals surface area (Å²) in [7, 11) is 0. The monoisotopic (exact) mass is 308 g/mol. The number of aryl methyl sites for hydroxylation is 1. The fourth-order valence-corrected chi connectivity index (χ4v) is 1.97. The summed E-state index contributed by atoms with van der Waals surface area (Å²) in [5, 5.41) is 7.57. The molecule has 0 spiro atoms. The zero-order valence-corrected chi connectivity index (χ0v) is 11.5. The third kappa shape index (κ3) is 2.85. The highest BCUT2D eigenvalue weighted by molar-refractivity contribution is 5.53. The number of alkyl halides is 2. The molecule has 0 saturated carbocycles. The molecule has 1 aromatic carbocycles. The molecule has 3 rings (SSSR count). The van der Waals surface area contributed by atoms with Crippen molar-refractivity contribution < 1.29 is 17.7 Å². The molecule has 3 aromatic rings. The zero-order chi connectivity index (χ0) is 15.7. The van der Waals surface area contributed by atoms with E-state index in [-0.39, 0.29) is 23.9 Å². The Kier molecular flexibility index (Phi) is 3.66. The van der Waals surface area contributed by atoms with Crippen molar-refractivity contribution in [1.29, 1.82) is 0 Å². The maximum atomic E-state index is 12.9. The summed E-state index contributed by atoms with van der Waals surface area (Å²) < 4.78 is 44.5. The van der Waals surface area contributed by atoms with Gasteiger partial charge in [-0.3, -0.25) is 4.68 Å². The van der Waals surface area contributed by atoms with Crippen LogP contribution in [0.25, 0.3) is 11.4 Å². The van der Waals surface area contributed by atoms with Gasteiger partial charge in [-0.25, -0.2) is 13.2 Å². The minimum Gasteiger partial charge on any atom is -0.337 e. The first kappa shape index (κ1) is 14.3. The molecule has 0 fully saturated rings. The minimum absolute atomic E-state index is 0.0900. The molecule has 5 nitrogen and oxygen atoms in total. The highest BCUT2D eigenvalue weighted by atomic mass is 19.3. The van der Waals surface area contributed by atoms with Crippen LogP contribution in [0.4, 0.5) is 13.2 Å². The van der Waals surface area contributed by atoms with Gasteiger partial charge in [-0.1, -0.05) is 5.16 Å². The summed E-state index contributed by atoms with van der Waals surface area (Å²) in [4.78, 5) is 4.15. The van der Waals surface area contributed by atoms with E-state index < -0.39 is 6.43 Å². The number of rotatable bonds is 4. The van der Waals surface area contributed by atoms with Gasteiger partial charge < -0.3 is 4.52 Å². The SMILES string of the molecule is Cc1cc(C(F)F)nn1Cc1nc(-c2ccc(F)cc2)no1. The van der Waals surface area contributed by atoms with Gasteiger partial charge in [0.1, 0.15) is 18.1 Å². The summed E-state index contributed by atoms with van der Waals surface area (Å²) in [6, 6.07) is 6.94. The first-order valence-electron chi connectivity index (χ1n) is 6.44. The van der Waals surface area contributed by atoms with Gasteiger partial charge in [-0.2, -0.15) is 10.1 Å². The van der Waals surface area contributed by atoms with E-state index in [9.17, 15) is 13.2 Å². The van der Waals surface area contributed by atoms with Gasteiger partial charge in [0, 0.05) is 11.3 Å². The van der Waals surface area contributed by atoms with Crippen molar-refractivity contribution in [2.75, 3.05) is 0 Å². The van der Waals surface area contributed by atoms with Gasteiger partial charge in [-0.15, -0.1) is 0 Å². The van der Waals surface area contributed by atoms with Crippen LogP contribution in [-0.2, 0) is 6.54 Å². The van der Waals surface area contributed by atoms with Crippen LogP contribution < -0.4 is 0 Å². The molecule has 114 valence electrons. The van der Waals surface area contributed by atoms with Crippen LogP contribution >= 0.6 is 0 Å². The number of nitrogens with zero attached hydrogens (tertiary/aromatic N) is 4. The average Bonchev–Trinajstić information content (AvgIpc) is 3.08. The molecular formula is C14H11F3N4O. The molecule has 22 heavy (non-hydrogen) atoms. The molecule has 0 aliphatic carbocycles. The van der Waals surface area contributed by atoms with E-state index in [1.165, 1.54) is 35.0 Å². The third-order valence-corrected chi connectivity index (χ3v) is 3.08. The van der Waals surface area contributed by atoms with Crippen LogP contribution in [0.5, 0.6) is 0 Å². The predicted molar refractivity (Wildman–Crippen MR) is 70.7 cm³/mol. The van der Waals surface area contributed by atoms with Gasteiger partial charge in [0.25, 0.3) is 6.43 Å². The normalized spacial score (nSPS) is 11.3. The lowest BCUT2D eigenvalue weighted by Crippen LogP contribution is -2.04. The molecule has 0 unspecified atom stereocenters. The van der Waals surface area contributed by atoms with Crippen molar-refractivity contribution >= 4 is 0 Å². The third-order valence-electron chi connectivity index (χ3n) is 3.08. The molecular weight excluding hydrogens is 297 g/mol. The van der Waals surface area contributed by atoms with Gasteiger partial charge in [0.15, 0.2) is 0 Å². The van der Waals surface area contributed by atoms with Gasteiger partial charge in [-0.05, 0) is 37.3 Å². The Morgan fingerprint density at radius 3 is 2.59 bits per heavy atom. The quantitative estimate of drug-likeness (QED) is 0.741. The second-order valence-corrected chi connectivity index (χ2v) is 4.69. The number of halogens is 3. The summed E-state index contributed by atoms with van der Waals surface area (Å²) in [6.45, 7) is 1.75. The number of hydrogen-bond acceptors (Lipinski definition) is 4. The topological polar surface area (TPSA) is 56.7 Å². The Morgan fingerprint density at radius 1 is 1.23 bits per heavy atom. The molecule has 0 aliphatic heterocycles. The van der Waals surface area contributed by atoms with Gasteiger partial charge >= 0.3 is 0 Å². The number of aromatic nitrogens is 4. The Hall–Kier alpha value is -2.64. The van der Waals surface area contributed by atoms with Crippen molar-refractivity contribution in [3.63, 3.8) is 0 Å². The second kappa shape index (κ2) is 5.63. The van der Waals surface area contributed by atoms with E-state index in [1.807, 2.05) is 0 Å². The van der Waals surface area contributed by atoms with E-state index >= 15 is 0 Å². The predicted octanol–water partition coefficient (Wildman–Crippen LogP) is 3.37. The molecule has 0 amide bonds. The summed E-state index contributed by atoms with van der Waals surface area (Å²) in [6.07, 6.45) is -2.63. The van der Waals surface area contributed by atoms with Crippen LogP contribution in [0.3, 0.4) is 0 Å². The highest BCUT2D eigenvalue weighted by Crippen LogP contribution is 2.19. The molecule has 0 bridgehead atoms. The van der Waals surface area contributed by atoms with Crippen LogP contribution in [0.1, 0.15) is 23.7 Å². The lowest BCUT2D eigenvalue weighted by Gasteiger charge is -1.98. The molecule has 8 heteroatoms. The van der Waals surface area contributed by atoms with Crippen molar-refractivity contribution in [3.8, 4) is 11.4 Å². The van der Waals surface area contributed by atoms with E-state index in [1.54, 1.807) is 6.92 Å². The average molecular weight is 308 g/mol. The summed E-state index contributed by atoms with van der Waals surface area (Å²) >= 11 is 0. The highest BCUT2D eigenvalue weighted by Gasteiger charge is 2.16. The van der Waals surface area contributed by atoms with E-state index in [4.69, 9.17) is 4.52 Å². The van der Waals surface area contributed by atoms with Crippen molar-refractivity contribution in [2.24, 2.45) is 0 Å². The molecule has 0 saturated heterocycles. The van der Waals surface area contributed by atoms with Crippen molar-refractivity contribution in [2.45, 2.75) is 19.9 Å². The summed E-state index contributed by atoms with van der Waals surface area (Å²) in [5.41, 5.74) is 0.870. The second-order valence-electron chi connectivity index (χ2n) is 4.69. The van der Waals surface area contributed by atoms with Gasteiger partial charge in [0.05, 0.1) is 0 Å². The number of hydrogen-bond donors (Lipinski definition) is 0. The standard InChI is InChI=1S/C14H11F3N4O/c1-8-6-11(13(16)17)19-21(8)7-12-18-14(20-22-12)9-2-4-10(15)5-3-9/h2-6,13H,7H2,1H3. The molecule has 0 aliphatic rings. The van der Waals surface area contributed by atoms with E-state index in [0.29, 0.717) is 17.1 Å². The van der Waals surface area contributed by atoms with Crippen LogP contribution in [-0.4, -0.2) is 19.9 Å². The lowest BCUT2D eigenvalue weighted by molar-refractivity contribution is 0.145. The van der Waals surface area contributed by atoms with Crippen LogP contribution in [0.15, 0.2) is 34.9 Å². The zero-order valence-electron chi connectivity index (χ0n) is 11.5.